The number of unbranched alkanes of at least 4 members (excludes halogenated alkanes) is 1. The number of ketones is 1. The largest absolute Gasteiger partial charge is 0.455 e. The fourth-order valence-corrected chi connectivity index (χ4v) is 4.98. The van der Waals surface area contributed by atoms with Crippen molar-refractivity contribution in [3.63, 3.8) is 0 Å². The third kappa shape index (κ3) is 21.6. The zero-order valence-corrected chi connectivity index (χ0v) is 34.0. The number of rotatable bonds is 14. The molecule has 0 aliphatic rings. The summed E-state index contributed by atoms with van der Waals surface area (Å²) in [7, 11) is 1.59. The van der Waals surface area contributed by atoms with Crippen molar-refractivity contribution in [3.8, 4) is 5.75 Å². The molecule has 8 nitrogen and oxygen atoms in total. The molecule has 3 aromatic rings. The predicted octanol–water partition coefficient (Wildman–Crippen LogP) is 11.5. The second-order valence-corrected chi connectivity index (χ2v) is 13.8. The molecule has 0 aliphatic heterocycles. The second-order valence-electron chi connectivity index (χ2n) is 12.7. The highest BCUT2D eigenvalue weighted by atomic mass is 32.2. The van der Waals surface area contributed by atoms with Crippen LogP contribution in [0.5, 0.6) is 5.75 Å². The van der Waals surface area contributed by atoms with Crippen molar-refractivity contribution in [2.45, 2.75) is 92.8 Å². The van der Waals surface area contributed by atoms with E-state index in [0.717, 1.165) is 48.4 Å². The van der Waals surface area contributed by atoms with Crippen LogP contribution in [-0.4, -0.2) is 67.0 Å². The van der Waals surface area contributed by atoms with Crippen molar-refractivity contribution < 1.29 is 45.4 Å². The highest BCUT2D eigenvalue weighted by molar-refractivity contribution is 8.14. The van der Waals surface area contributed by atoms with Crippen molar-refractivity contribution in [1.82, 2.24) is 0 Å². The summed E-state index contributed by atoms with van der Waals surface area (Å²) in [4.78, 5) is 35.6. The number of nitrogens with one attached hydrogen (secondary N) is 1. The molecular formula is C41H52F6N4O4S. The van der Waals surface area contributed by atoms with Crippen LogP contribution >= 0.6 is 11.8 Å². The van der Waals surface area contributed by atoms with Gasteiger partial charge in [0.25, 0.3) is 5.85 Å². The number of carbonyl (C=O) groups is 2. The standard InChI is InChI=1S/C20H27FN4O2S.C11H13F3O.C10H12F2O/c1-5-7-11-23-19(22-4)15-9-10-18(17(21)12-15)25-20(27)24-14(3)28-13-16(26)8-6-2;1-8-3-4-10(9(2)5-8)6-15-7-11(12,13)14;1-8-3-5-9(6-4-8)13-10(2,12)7-11/h9-12H,5-8,13H2,1-4H3,(H,25,27);3-5H,6-7H2,1-2H3;3-6H,7H2,1-2H3/b22-19?,23-11?,24-14-;;. The van der Waals surface area contributed by atoms with E-state index in [-0.39, 0.29) is 23.8 Å². The van der Waals surface area contributed by atoms with Gasteiger partial charge in [0.15, 0.2) is 12.5 Å². The number of aryl methyl sites for hydroxylation is 3. The Kier molecular flexibility index (Phi) is 22.7. The molecule has 0 radical (unpaired) electrons. The maximum Gasteiger partial charge on any atom is 0.411 e. The summed E-state index contributed by atoms with van der Waals surface area (Å²) in [5.41, 5.74) is 4.43. The lowest BCUT2D eigenvalue weighted by molar-refractivity contribution is -0.176. The van der Waals surface area contributed by atoms with E-state index in [1.54, 1.807) is 56.6 Å². The Balaban J connectivity index is 0.000000467. The summed E-state index contributed by atoms with van der Waals surface area (Å²) in [5.74, 6) is -1.68. The number of benzene rings is 3. The molecule has 0 aromatic heterocycles. The van der Waals surface area contributed by atoms with E-state index < -0.39 is 37.2 Å². The number of aliphatic imine (C=N–C) groups is 3. The first kappa shape index (κ1) is 49.5. The van der Waals surface area contributed by atoms with Gasteiger partial charge in [-0.1, -0.05) is 61.7 Å². The molecule has 0 bridgehead atoms. The summed E-state index contributed by atoms with van der Waals surface area (Å²) in [6.45, 7) is 10.0. The number of thioether (sulfide) groups is 1. The van der Waals surface area contributed by atoms with Crippen LogP contribution in [0.3, 0.4) is 0 Å². The zero-order chi connectivity index (χ0) is 42.3. The minimum Gasteiger partial charge on any atom is -0.455 e. The van der Waals surface area contributed by atoms with Crippen molar-refractivity contribution in [2.75, 3.05) is 31.4 Å². The second kappa shape index (κ2) is 25.6. The van der Waals surface area contributed by atoms with Crippen LogP contribution in [0.2, 0.25) is 0 Å². The number of urea groups is 1. The van der Waals surface area contributed by atoms with Crippen LogP contribution < -0.4 is 10.1 Å². The van der Waals surface area contributed by atoms with E-state index in [9.17, 15) is 35.9 Å². The average molecular weight is 811 g/mol. The van der Waals surface area contributed by atoms with Gasteiger partial charge in [-0.25, -0.2) is 18.6 Å². The van der Waals surface area contributed by atoms with Crippen LogP contribution in [0.25, 0.3) is 0 Å². The lowest BCUT2D eigenvalue weighted by Crippen LogP contribution is -2.28. The summed E-state index contributed by atoms with van der Waals surface area (Å²) < 4.78 is 84.1. The molecule has 0 spiro atoms. The van der Waals surface area contributed by atoms with E-state index in [4.69, 9.17) is 4.74 Å². The topological polar surface area (TPSA) is 102 Å². The number of alkyl halides is 5. The lowest BCUT2D eigenvalue weighted by atomic mass is 10.1. The lowest BCUT2D eigenvalue weighted by Gasteiger charge is -2.18. The van der Waals surface area contributed by atoms with Crippen molar-refractivity contribution in [3.05, 3.63) is 94.3 Å². The fourth-order valence-electron chi connectivity index (χ4n) is 4.32. The first-order valence-electron chi connectivity index (χ1n) is 17.8. The summed E-state index contributed by atoms with van der Waals surface area (Å²) in [5, 5.41) is 2.86. The van der Waals surface area contributed by atoms with Gasteiger partial charge in [0.05, 0.1) is 23.1 Å². The van der Waals surface area contributed by atoms with Crippen LogP contribution in [0.4, 0.5) is 36.8 Å². The highest BCUT2D eigenvalue weighted by Gasteiger charge is 2.27. The molecule has 0 heterocycles. The van der Waals surface area contributed by atoms with Crippen LogP contribution in [0.15, 0.2) is 75.6 Å². The summed E-state index contributed by atoms with van der Waals surface area (Å²) >= 11 is 1.20. The molecule has 0 saturated carbocycles. The molecule has 308 valence electrons. The maximum atomic E-state index is 14.4. The van der Waals surface area contributed by atoms with E-state index in [1.165, 1.54) is 23.9 Å². The Morgan fingerprint density at radius 3 is 2.14 bits per heavy atom. The highest BCUT2D eigenvalue weighted by Crippen LogP contribution is 2.21. The van der Waals surface area contributed by atoms with Gasteiger partial charge in [-0.15, -0.1) is 11.8 Å². The molecule has 1 N–H and O–H groups in total. The number of halogens is 6. The van der Waals surface area contributed by atoms with Crippen LogP contribution in [-0.2, 0) is 16.1 Å². The van der Waals surface area contributed by atoms with Crippen molar-refractivity contribution in [2.24, 2.45) is 15.0 Å². The quantitative estimate of drug-likeness (QED) is 0.0992. The van der Waals surface area contributed by atoms with Crippen LogP contribution in [0.1, 0.15) is 81.2 Å². The van der Waals surface area contributed by atoms with Crippen molar-refractivity contribution in [1.29, 1.82) is 0 Å². The molecule has 3 aromatic carbocycles. The number of nitrogens with zero attached hydrogens (tertiary/aromatic N) is 3. The van der Waals surface area contributed by atoms with E-state index >= 15 is 0 Å². The molecule has 1 unspecified atom stereocenters. The first-order chi connectivity index (χ1) is 26.3. The monoisotopic (exact) mass is 810 g/mol. The van der Waals surface area contributed by atoms with E-state index in [2.05, 4.69) is 25.0 Å². The Hall–Kier alpha value is -4.50. The van der Waals surface area contributed by atoms with Gasteiger partial charge in [-0.2, -0.15) is 22.6 Å². The molecular weight excluding hydrogens is 759 g/mol. The van der Waals surface area contributed by atoms with Crippen molar-refractivity contribution >= 4 is 46.4 Å². The normalized spacial score (nSPS) is 12.9. The number of anilines is 1. The molecule has 0 saturated heterocycles. The predicted molar refractivity (Wildman–Crippen MR) is 216 cm³/mol. The van der Waals surface area contributed by atoms with Gasteiger partial charge >= 0.3 is 12.2 Å². The van der Waals surface area contributed by atoms with Gasteiger partial charge in [0.1, 0.15) is 24.0 Å². The molecule has 0 aliphatic carbocycles. The number of amides is 2. The number of Topliss-reactive ketones (excluding diaryl/α,β-unsaturated/α-hetero) is 1. The summed E-state index contributed by atoms with van der Waals surface area (Å²) in [6, 6.07) is 16.0. The minimum absolute atomic E-state index is 0.00558. The Morgan fingerprint density at radius 2 is 1.59 bits per heavy atom. The Labute approximate surface area is 330 Å². The first-order valence-corrected chi connectivity index (χ1v) is 18.8. The molecule has 15 heteroatoms. The van der Waals surface area contributed by atoms with Gasteiger partial charge in [0.2, 0.25) is 0 Å². The molecule has 56 heavy (non-hydrogen) atoms. The van der Waals surface area contributed by atoms with E-state index in [1.807, 2.05) is 46.8 Å². The summed E-state index contributed by atoms with van der Waals surface area (Å²) in [6.07, 6.45) is 0.574. The van der Waals surface area contributed by atoms with Gasteiger partial charge in [-0.3, -0.25) is 9.79 Å². The zero-order valence-electron chi connectivity index (χ0n) is 33.2. The van der Waals surface area contributed by atoms with Gasteiger partial charge in [0, 0.05) is 32.2 Å². The number of amidine groups is 1. The van der Waals surface area contributed by atoms with Crippen LogP contribution in [0, 0.1) is 26.6 Å². The van der Waals surface area contributed by atoms with Gasteiger partial charge in [-0.05, 0) is 82.0 Å². The third-order valence-corrected chi connectivity index (χ3v) is 8.13. The minimum atomic E-state index is -4.25. The number of carbonyl (C=O) groups excluding carboxylic acids is 2. The molecule has 3 rings (SSSR count). The average Bonchev–Trinajstić information content (AvgIpc) is 3.12. The number of hydrogen-bond donors (Lipinski definition) is 1. The smallest absolute Gasteiger partial charge is 0.411 e. The van der Waals surface area contributed by atoms with E-state index in [0.29, 0.717) is 28.6 Å². The maximum absolute atomic E-state index is 14.4. The molecule has 2 amide bonds. The SMILES string of the molecule is CCCC=NC(=NC)c1ccc(NC(=O)/N=C(/C)SCC(=O)CCC)c(F)c1.Cc1ccc(COCC(F)(F)F)c(C)c1.Cc1ccc(OC(C)(F)CF)cc1. The Morgan fingerprint density at radius 1 is 0.929 bits per heavy atom. The van der Waals surface area contributed by atoms with Gasteiger partial charge < -0.3 is 14.8 Å². The third-order valence-electron chi connectivity index (χ3n) is 7.15. The number of ether oxygens (including phenoxy) is 2. The Bertz CT molecular complexity index is 1760. The number of hydrogen-bond acceptors (Lipinski definition) is 6. The molecule has 0 fully saturated rings. The molecule has 1 atom stereocenters. The fraction of sp³-hybridized carbons (Fsp3) is 0.439.